The van der Waals surface area contributed by atoms with E-state index in [2.05, 4.69) is 46.4 Å². The van der Waals surface area contributed by atoms with Crippen LogP contribution in [0.1, 0.15) is 76.5 Å². The molecule has 3 aromatic carbocycles. The fourth-order valence-corrected chi connectivity index (χ4v) is 8.63. The van der Waals surface area contributed by atoms with Crippen LogP contribution in [0.15, 0.2) is 85.1 Å². The average molecular weight is 1100 g/mol. The van der Waals surface area contributed by atoms with Crippen LogP contribution in [0.25, 0.3) is 10.9 Å². The predicted octanol–water partition coefficient (Wildman–Crippen LogP) is 2.19. The Labute approximate surface area is 445 Å². The minimum Gasteiger partial charge on any atom is -0.481 e. The number of hydrogen-bond acceptors (Lipinski definition) is 14. The maximum atomic E-state index is 14.0. The highest BCUT2D eigenvalue weighted by Gasteiger charge is 2.32. The molecule has 0 bridgehead atoms. The van der Waals surface area contributed by atoms with Crippen LogP contribution in [0, 0.1) is 0 Å². The molecule has 0 fully saturated rings. The van der Waals surface area contributed by atoms with Crippen molar-refractivity contribution in [2.45, 2.75) is 121 Å². The number of rotatable bonds is 31. The van der Waals surface area contributed by atoms with Gasteiger partial charge in [0.25, 0.3) is 0 Å². The van der Waals surface area contributed by atoms with Gasteiger partial charge in [0.2, 0.25) is 35.4 Å². The summed E-state index contributed by atoms with van der Waals surface area (Å²) in [5, 5.41) is 29.6. The topological polar surface area (TPSA) is 356 Å². The van der Waals surface area contributed by atoms with E-state index in [1.165, 1.54) is 36.0 Å². The number of fused-ring (bicyclic) bond motifs is 1. The molecular weight excluding hydrogens is 1030 g/mol. The molecule has 23 nitrogen and oxygen atoms in total. The third-order valence-electron chi connectivity index (χ3n) is 11.5. The van der Waals surface area contributed by atoms with Crippen molar-refractivity contribution in [3.05, 3.63) is 102 Å². The zero-order valence-corrected chi connectivity index (χ0v) is 44.6. The van der Waals surface area contributed by atoms with E-state index in [9.17, 15) is 51.9 Å². The number of hydrogen-bond donors (Lipinski definition) is 11. The number of aromatic nitrogens is 1. The van der Waals surface area contributed by atoms with Gasteiger partial charge in [0.05, 0.1) is 19.0 Å². The standard InChI is InChI=1S/C51H69N9O14S2/c1-6-7-16-38(47(66)59-42(27-44(62)63)49(68)58-40(45(52)64)24-31-13-9-8-10-14-31)54-29-34(26-33-28-53-37-17-12-11-15-36(33)37)56-43(61)30-55-46(65)39(22-23-75-5)57-48(67)41(60-50(69)73-51(2,3)4)25-32-18-20-35(21-19-32)74-76(70,71)72/h8-15,17-21,28,34,38-42,53-54H,6-7,16,22-27,29-30H2,1-5H3,(H2,52,64)(H,55,65)(H,56,61)(H,57,67)(H,58,68)(H,59,66)(H,60,69)(H,62,63)(H,70,71,72)/t34-,38-,39-,40-,41-,42-/m0/s1. The van der Waals surface area contributed by atoms with E-state index in [0.717, 1.165) is 16.5 Å². The van der Waals surface area contributed by atoms with Crippen molar-refractivity contribution in [3.63, 3.8) is 0 Å². The van der Waals surface area contributed by atoms with Crippen LogP contribution in [-0.4, -0.2) is 138 Å². The zero-order valence-electron chi connectivity index (χ0n) is 43.0. The molecule has 76 heavy (non-hydrogen) atoms. The number of nitrogens with two attached hydrogens (primary N) is 1. The molecule has 0 aliphatic rings. The Hall–Kier alpha value is -7.22. The Kier molecular flexibility index (Phi) is 24.0. The normalized spacial score (nSPS) is 13.9. The lowest BCUT2D eigenvalue weighted by atomic mass is 10.0. The number of carboxylic acid groups (broad SMARTS) is 1. The number of benzene rings is 3. The molecule has 0 aliphatic carbocycles. The number of alkyl carbamates (subject to hydrolysis) is 1. The molecule has 0 aliphatic heterocycles. The molecule has 6 atom stereocenters. The van der Waals surface area contributed by atoms with E-state index in [1.54, 1.807) is 63.6 Å². The number of nitrogens with one attached hydrogen (secondary N) is 8. The highest BCUT2D eigenvalue weighted by atomic mass is 32.3. The third-order valence-corrected chi connectivity index (χ3v) is 12.5. The van der Waals surface area contributed by atoms with Gasteiger partial charge in [0, 0.05) is 42.5 Å². The van der Waals surface area contributed by atoms with Gasteiger partial charge >= 0.3 is 22.5 Å². The molecular formula is C51H69N9O14S2. The molecule has 0 radical (unpaired) electrons. The second-order valence-electron chi connectivity index (χ2n) is 18.9. The summed E-state index contributed by atoms with van der Waals surface area (Å²) in [6, 6.07) is 14.5. The van der Waals surface area contributed by atoms with Crippen molar-refractivity contribution < 1.29 is 65.4 Å². The molecule has 25 heteroatoms. The number of carboxylic acids is 1. The lowest BCUT2D eigenvalue weighted by Crippen LogP contribution is -2.58. The van der Waals surface area contributed by atoms with Crippen molar-refractivity contribution in [3.8, 4) is 5.75 Å². The lowest BCUT2D eigenvalue weighted by Gasteiger charge is -2.26. The first-order valence-corrected chi connectivity index (χ1v) is 27.2. The Bertz CT molecular complexity index is 2720. The van der Waals surface area contributed by atoms with Crippen molar-refractivity contribution in [1.29, 1.82) is 0 Å². The smallest absolute Gasteiger partial charge is 0.446 e. The highest BCUT2D eigenvalue weighted by Crippen LogP contribution is 2.20. The summed E-state index contributed by atoms with van der Waals surface area (Å²) >= 11 is 1.39. The molecule has 0 saturated heterocycles. The van der Waals surface area contributed by atoms with Crippen molar-refractivity contribution >= 4 is 80.6 Å². The molecule has 7 amide bonds. The third kappa shape index (κ3) is 21.9. The van der Waals surface area contributed by atoms with Gasteiger partial charge in [0.15, 0.2) is 0 Å². The number of para-hydroxylation sites is 1. The summed E-state index contributed by atoms with van der Waals surface area (Å²) < 4.78 is 41.3. The summed E-state index contributed by atoms with van der Waals surface area (Å²) in [5.74, 6) is -5.83. The summed E-state index contributed by atoms with van der Waals surface area (Å²) in [5.41, 5.74) is 7.42. The molecule has 4 rings (SSSR count). The van der Waals surface area contributed by atoms with E-state index in [1.807, 2.05) is 31.2 Å². The minimum absolute atomic E-state index is 0.0215. The number of thioether (sulfide) groups is 1. The van der Waals surface area contributed by atoms with Gasteiger partial charge in [-0.2, -0.15) is 20.2 Å². The largest absolute Gasteiger partial charge is 0.481 e. The first kappa shape index (κ1) is 61.3. The molecule has 1 aromatic heterocycles. The monoisotopic (exact) mass is 1100 g/mol. The van der Waals surface area contributed by atoms with Crippen LogP contribution in [0.4, 0.5) is 4.79 Å². The lowest BCUT2D eigenvalue weighted by molar-refractivity contribution is -0.141. The first-order valence-electron chi connectivity index (χ1n) is 24.5. The fraction of sp³-hybridized carbons (Fsp3) is 0.451. The van der Waals surface area contributed by atoms with Gasteiger partial charge in [-0.25, -0.2) is 4.79 Å². The van der Waals surface area contributed by atoms with Gasteiger partial charge < -0.3 is 62.0 Å². The second-order valence-corrected chi connectivity index (χ2v) is 20.9. The average Bonchev–Trinajstić information content (AvgIpc) is 3.75. The van der Waals surface area contributed by atoms with Crippen molar-refractivity contribution in [2.24, 2.45) is 5.73 Å². The number of unbranched alkanes of at least 4 members (excludes halogenated alkanes) is 1. The van der Waals surface area contributed by atoms with Gasteiger partial charge in [-0.1, -0.05) is 80.4 Å². The Morgan fingerprint density at radius 2 is 1.33 bits per heavy atom. The molecule has 4 aromatic rings. The van der Waals surface area contributed by atoms with Crippen LogP contribution < -0.4 is 47.1 Å². The van der Waals surface area contributed by atoms with E-state index in [-0.39, 0.29) is 44.4 Å². The predicted molar refractivity (Wildman–Crippen MR) is 284 cm³/mol. The van der Waals surface area contributed by atoms with Crippen LogP contribution in [0.2, 0.25) is 0 Å². The number of aliphatic carboxylic acids is 1. The van der Waals surface area contributed by atoms with Crippen LogP contribution in [0.3, 0.4) is 0 Å². The molecule has 1 heterocycles. The van der Waals surface area contributed by atoms with Gasteiger partial charge in [-0.3, -0.25) is 38.1 Å². The minimum atomic E-state index is -4.81. The summed E-state index contributed by atoms with van der Waals surface area (Å²) in [6.45, 7) is 6.22. The molecule has 0 unspecified atom stereocenters. The number of ether oxygens (including phenoxy) is 1. The summed E-state index contributed by atoms with van der Waals surface area (Å²) in [4.78, 5) is 110. The number of amides is 7. The second kappa shape index (κ2) is 29.8. The van der Waals surface area contributed by atoms with Crippen molar-refractivity contribution in [2.75, 3.05) is 25.1 Å². The maximum absolute atomic E-state index is 14.0. The first-order chi connectivity index (χ1) is 35.9. The Balaban J connectivity index is 1.50. The quantitative estimate of drug-likeness (QED) is 0.0322. The van der Waals surface area contributed by atoms with Crippen molar-refractivity contribution in [1.82, 2.24) is 42.2 Å². The number of carbonyl (C=O) groups excluding carboxylic acids is 7. The summed E-state index contributed by atoms with van der Waals surface area (Å²) in [6.07, 6.45) is 3.52. The zero-order chi connectivity index (χ0) is 56.0. The van der Waals surface area contributed by atoms with E-state index >= 15 is 0 Å². The fourth-order valence-electron chi connectivity index (χ4n) is 7.80. The Morgan fingerprint density at radius 1 is 0.724 bits per heavy atom. The Morgan fingerprint density at radius 3 is 1.96 bits per heavy atom. The number of aromatic amines is 1. The van der Waals surface area contributed by atoms with Gasteiger partial charge in [0.1, 0.15) is 35.5 Å². The van der Waals surface area contributed by atoms with E-state index in [0.29, 0.717) is 29.7 Å². The number of primary amides is 1. The highest BCUT2D eigenvalue weighted by molar-refractivity contribution is 7.98. The summed E-state index contributed by atoms with van der Waals surface area (Å²) in [7, 11) is -4.81. The van der Waals surface area contributed by atoms with Crippen LogP contribution in [-0.2, 0) is 68.0 Å². The molecule has 414 valence electrons. The number of carbonyl (C=O) groups is 8. The van der Waals surface area contributed by atoms with E-state index in [4.69, 9.17) is 15.0 Å². The maximum Gasteiger partial charge on any atom is 0.446 e. The SMILES string of the molecule is CCCC[C@H](NC[C@H](Cc1c[nH]c2ccccc12)NC(=O)CNC(=O)[C@H](CCSC)NC(=O)[C@H](Cc1ccc(OS(=O)(=O)O)cc1)NC(=O)OC(C)(C)C)C(=O)N[C@@H](CC(=O)O)C(=O)N[C@@H](Cc1ccccc1)C(N)=O. The number of H-pyrrole nitrogens is 1. The molecule has 0 spiro atoms. The van der Waals surface area contributed by atoms with Gasteiger partial charge in [-0.05, 0) is 86.9 Å². The van der Waals surface area contributed by atoms with Crippen LogP contribution in [0.5, 0.6) is 5.75 Å². The molecule has 0 saturated carbocycles. The van der Waals surface area contributed by atoms with E-state index < -0.39 is 113 Å². The van der Waals surface area contributed by atoms with Crippen LogP contribution >= 0.6 is 11.8 Å². The van der Waals surface area contributed by atoms with Gasteiger partial charge in [-0.15, -0.1) is 0 Å². The molecule has 12 N–H and O–H groups in total.